The average Bonchev–Trinajstić information content (AvgIpc) is 2.99. The Balaban J connectivity index is 1.97. The molecule has 0 spiro atoms. The molecule has 0 fully saturated rings. The molecule has 0 aliphatic carbocycles. The van der Waals surface area contributed by atoms with Crippen LogP contribution < -0.4 is 14.5 Å². The number of methoxy groups -OCH3 is 1. The highest BCUT2D eigenvalue weighted by molar-refractivity contribution is 7.89. The number of fused-ring (bicyclic) bond motifs is 1. The first kappa shape index (κ1) is 28.0. The molecule has 0 amide bonds. The Morgan fingerprint density at radius 2 is 1.74 bits per heavy atom. The SMILES string of the molecule is CCCCC1(C)CN(c2ccccc2)c2cc(N(C)C)c(CO)cc2S(=O)(=O)N1Cc1ccc(OC)cc1. The minimum Gasteiger partial charge on any atom is -0.497 e. The number of para-hydroxylation sites is 1. The molecule has 1 heterocycles. The number of hydrogen-bond donors (Lipinski definition) is 1. The Bertz CT molecular complexity index is 1340. The number of aliphatic hydroxyl groups excluding tert-OH is 1. The number of hydrogen-bond acceptors (Lipinski definition) is 6. The van der Waals surface area contributed by atoms with Gasteiger partial charge in [-0.05, 0) is 55.3 Å². The van der Waals surface area contributed by atoms with Crippen molar-refractivity contribution in [1.29, 1.82) is 0 Å². The smallest absolute Gasteiger partial charge is 0.246 e. The molecule has 1 aliphatic rings. The summed E-state index contributed by atoms with van der Waals surface area (Å²) in [6, 6.07) is 21.1. The summed E-state index contributed by atoms with van der Waals surface area (Å²) in [7, 11) is 1.47. The van der Waals surface area contributed by atoms with E-state index in [1.807, 2.05) is 79.7 Å². The lowest BCUT2D eigenvalue weighted by molar-refractivity contribution is 0.191. The number of unbranched alkanes of at least 4 members (excludes halogenated alkanes) is 1. The third-order valence-electron chi connectivity index (χ3n) is 7.39. The predicted molar refractivity (Wildman–Crippen MR) is 154 cm³/mol. The van der Waals surface area contributed by atoms with E-state index in [1.165, 1.54) is 0 Å². The van der Waals surface area contributed by atoms with Gasteiger partial charge >= 0.3 is 0 Å². The molecule has 0 saturated carbocycles. The Morgan fingerprint density at radius 3 is 2.32 bits per heavy atom. The molecule has 1 unspecified atom stereocenters. The Morgan fingerprint density at radius 1 is 1.05 bits per heavy atom. The van der Waals surface area contributed by atoms with E-state index in [0.29, 0.717) is 24.2 Å². The van der Waals surface area contributed by atoms with Crippen LogP contribution >= 0.6 is 0 Å². The van der Waals surface area contributed by atoms with Crippen LogP contribution in [-0.4, -0.2) is 51.1 Å². The van der Waals surface area contributed by atoms with Crippen LogP contribution in [0.15, 0.2) is 71.6 Å². The second-order valence-corrected chi connectivity index (χ2v) is 12.2. The van der Waals surface area contributed by atoms with Crippen molar-refractivity contribution in [3.63, 3.8) is 0 Å². The highest BCUT2D eigenvalue weighted by Gasteiger charge is 2.46. The predicted octanol–water partition coefficient (Wildman–Crippen LogP) is 5.55. The molecule has 0 radical (unpaired) electrons. The first-order valence-electron chi connectivity index (χ1n) is 13.1. The van der Waals surface area contributed by atoms with E-state index in [2.05, 4.69) is 18.7 Å². The highest BCUT2D eigenvalue weighted by Crippen LogP contribution is 2.45. The summed E-state index contributed by atoms with van der Waals surface area (Å²) in [5.41, 5.74) is 3.12. The number of rotatable bonds is 9. The molecule has 4 rings (SSSR count). The minimum atomic E-state index is -3.96. The van der Waals surface area contributed by atoms with Crippen LogP contribution in [0.2, 0.25) is 0 Å². The molecule has 1 atom stereocenters. The van der Waals surface area contributed by atoms with Crippen molar-refractivity contribution in [2.24, 2.45) is 0 Å². The molecule has 0 bridgehead atoms. The largest absolute Gasteiger partial charge is 0.497 e. The molecule has 8 heteroatoms. The lowest BCUT2D eigenvalue weighted by atomic mass is 9.92. The fourth-order valence-electron chi connectivity index (χ4n) is 5.25. The van der Waals surface area contributed by atoms with Gasteiger partial charge in [-0.3, -0.25) is 0 Å². The van der Waals surface area contributed by atoms with Gasteiger partial charge in [-0.2, -0.15) is 4.31 Å². The van der Waals surface area contributed by atoms with E-state index in [1.54, 1.807) is 17.5 Å². The first-order valence-corrected chi connectivity index (χ1v) is 14.5. The second kappa shape index (κ2) is 11.4. The highest BCUT2D eigenvalue weighted by atomic mass is 32.2. The second-order valence-electron chi connectivity index (χ2n) is 10.4. The molecule has 204 valence electrons. The van der Waals surface area contributed by atoms with Crippen LogP contribution in [0, 0.1) is 0 Å². The van der Waals surface area contributed by atoms with Gasteiger partial charge in [-0.15, -0.1) is 0 Å². The molecule has 3 aromatic rings. The average molecular weight is 538 g/mol. The lowest BCUT2D eigenvalue weighted by Crippen LogP contribution is -2.53. The minimum absolute atomic E-state index is 0.213. The molecule has 3 aromatic carbocycles. The van der Waals surface area contributed by atoms with E-state index >= 15 is 0 Å². The Labute approximate surface area is 227 Å². The van der Waals surface area contributed by atoms with Crippen LogP contribution in [0.25, 0.3) is 0 Å². The molecular formula is C30H39N3O4S. The third-order valence-corrected chi connectivity index (χ3v) is 9.43. The Kier molecular flexibility index (Phi) is 8.35. The molecule has 7 nitrogen and oxygen atoms in total. The molecular weight excluding hydrogens is 498 g/mol. The monoisotopic (exact) mass is 537 g/mol. The molecule has 0 aromatic heterocycles. The zero-order valence-electron chi connectivity index (χ0n) is 23.0. The summed E-state index contributed by atoms with van der Waals surface area (Å²) in [5.74, 6) is 0.727. The van der Waals surface area contributed by atoms with Gasteiger partial charge in [-0.25, -0.2) is 8.42 Å². The number of ether oxygens (including phenoxy) is 1. The third kappa shape index (κ3) is 5.39. The fraction of sp³-hybridized carbons (Fsp3) is 0.400. The number of nitrogens with zero attached hydrogens (tertiary/aromatic N) is 3. The quantitative estimate of drug-likeness (QED) is 0.386. The van der Waals surface area contributed by atoms with Gasteiger partial charge in [-0.1, -0.05) is 50.1 Å². The molecule has 0 saturated heterocycles. The Hall–Kier alpha value is -3.07. The van der Waals surface area contributed by atoms with Gasteiger partial charge in [0.05, 0.1) is 24.9 Å². The van der Waals surface area contributed by atoms with Crippen molar-refractivity contribution >= 4 is 27.1 Å². The molecule has 38 heavy (non-hydrogen) atoms. The van der Waals surface area contributed by atoms with Crippen molar-refractivity contribution in [3.05, 3.63) is 77.9 Å². The van der Waals surface area contributed by atoms with E-state index in [9.17, 15) is 13.5 Å². The van der Waals surface area contributed by atoms with Gasteiger partial charge in [0.1, 0.15) is 10.6 Å². The van der Waals surface area contributed by atoms with Crippen molar-refractivity contribution < 1.29 is 18.3 Å². The number of anilines is 3. The standard InChI is InChI=1S/C30H39N3O4S/c1-6-7-17-30(2)22-32(25-11-9-8-10-12-25)28-19-27(31(3)4)24(21-34)18-29(28)38(35,36)33(30)20-23-13-15-26(37-5)16-14-23/h8-16,18-19,34H,6-7,17,20-22H2,1-5H3. The van der Waals surface area contributed by atoms with Crippen LogP contribution in [0.1, 0.15) is 44.2 Å². The lowest BCUT2D eigenvalue weighted by Gasteiger charge is -2.41. The summed E-state index contributed by atoms with van der Waals surface area (Å²) in [4.78, 5) is 4.26. The summed E-state index contributed by atoms with van der Waals surface area (Å²) in [6.45, 7) is 4.66. The zero-order chi connectivity index (χ0) is 27.5. The van der Waals surface area contributed by atoms with E-state index in [-0.39, 0.29) is 18.0 Å². The maximum absolute atomic E-state index is 14.6. The van der Waals surface area contributed by atoms with Crippen molar-refractivity contribution in [3.8, 4) is 5.75 Å². The van der Waals surface area contributed by atoms with Crippen LogP contribution in [0.5, 0.6) is 5.75 Å². The number of aliphatic hydroxyl groups is 1. The normalized spacial score (nSPS) is 19.1. The molecule has 1 aliphatic heterocycles. The summed E-state index contributed by atoms with van der Waals surface area (Å²) >= 11 is 0. The fourth-order valence-corrected chi connectivity index (χ4v) is 7.26. The van der Waals surface area contributed by atoms with Crippen molar-refractivity contribution in [2.45, 2.75) is 56.7 Å². The van der Waals surface area contributed by atoms with E-state index < -0.39 is 15.6 Å². The topological polar surface area (TPSA) is 73.3 Å². The van der Waals surface area contributed by atoms with Gasteiger partial charge in [0.25, 0.3) is 0 Å². The number of sulfonamides is 1. The summed E-state index contributed by atoms with van der Waals surface area (Å²) in [6.07, 6.45) is 2.57. The van der Waals surface area contributed by atoms with Gasteiger partial charge in [0.2, 0.25) is 10.0 Å². The van der Waals surface area contributed by atoms with Gasteiger partial charge in [0.15, 0.2) is 0 Å². The van der Waals surface area contributed by atoms with E-state index in [0.717, 1.165) is 35.5 Å². The van der Waals surface area contributed by atoms with Crippen LogP contribution in [0.3, 0.4) is 0 Å². The number of benzene rings is 3. The van der Waals surface area contributed by atoms with Gasteiger partial charge < -0.3 is 19.6 Å². The van der Waals surface area contributed by atoms with Crippen LogP contribution in [0.4, 0.5) is 17.1 Å². The maximum Gasteiger partial charge on any atom is 0.246 e. The zero-order valence-corrected chi connectivity index (χ0v) is 23.8. The summed E-state index contributed by atoms with van der Waals surface area (Å²) < 4.78 is 36.3. The summed E-state index contributed by atoms with van der Waals surface area (Å²) in [5, 5.41) is 10.2. The van der Waals surface area contributed by atoms with Crippen molar-refractivity contribution in [1.82, 2.24) is 4.31 Å². The van der Waals surface area contributed by atoms with Gasteiger partial charge in [0, 0.05) is 44.1 Å². The van der Waals surface area contributed by atoms with E-state index in [4.69, 9.17) is 4.74 Å². The molecule has 1 N–H and O–H groups in total. The maximum atomic E-state index is 14.6. The first-order chi connectivity index (χ1) is 18.1. The van der Waals surface area contributed by atoms with Crippen molar-refractivity contribution in [2.75, 3.05) is 37.5 Å². The van der Waals surface area contributed by atoms with Crippen LogP contribution in [-0.2, 0) is 23.2 Å².